The first-order valence-corrected chi connectivity index (χ1v) is 9.51. The second kappa shape index (κ2) is 9.94. The van der Waals surface area contributed by atoms with Crippen molar-refractivity contribution in [2.45, 2.75) is 32.5 Å². The number of hydrogen-bond acceptors (Lipinski definition) is 4. The summed E-state index contributed by atoms with van der Waals surface area (Å²) in [6.45, 7) is 7.17. The van der Waals surface area contributed by atoms with Gasteiger partial charge in [0.2, 0.25) is 0 Å². The van der Waals surface area contributed by atoms with Gasteiger partial charge in [-0.1, -0.05) is 6.92 Å². The van der Waals surface area contributed by atoms with Gasteiger partial charge >= 0.3 is 6.18 Å². The molecule has 0 radical (unpaired) electrons. The molecular formula is C19H29F3N4O. The quantitative estimate of drug-likeness (QED) is 0.721. The molecule has 152 valence electrons. The molecule has 0 saturated carbocycles. The van der Waals surface area contributed by atoms with Crippen LogP contribution in [0.4, 0.5) is 18.9 Å². The number of hydrogen-bond donors (Lipinski definition) is 2. The summed E-state index contributed by atoms with van der Waals surface area (Å²) < 4.78 is 40.2. The van der Waals surface area contributed by atoms with Gasteiger partial charge in [0, 0.05) is 57.1 Å². The third-order valence-electron chi connectivity index (χ3n) is 4.80. The van der Waals surface area contributed by atoms with E-state index in [1.165, 1.54) is 4.90 Å². The van der Waals surface area contributed by atoms with Gasteiger partial charge in [-0.2, -0.15) is 13.2 Å². The van der Waals surface area contributed by atoms with Crippen LogP contribution in [0.15, 0.2) is 24.3 Å². The highest BCUT2D eigenvalue weighted by atomic mass is 19.4. The number of anilines is 1. The topological polar surface area (TPSA) is 47.6 Å². The Morgan fingerprint density at radius 1 is 1.22 bits per heavy atom. The van der Waals surface area contributed by atoms with Gasteiger partial charge in [0.25, 0.3) is 5.91 Å². The molecule has 1 aromatic carbocycles. The van der Waals surface area contributed by atoms with E-state index in [0.29, 0.717) is 31.7 Å². The summed E-state index contributed by atoms with van der Waals surface area (Å²) in [6.07, 6.45) is -3.36. The minimum atomic E-state index is -4.38. The number of halogens is 3. The fourth-order valence-corrected chi connectivity index (χ4v) is 3.30. The second-order valence-corrected chi connectivity index (χ2v) is 6.68. The average Bonchev–Trinajstić information content (AvgIpc) is 2.66. The van der Waals surface area contributed by atoms with Crippen molar-refractivity contribution in [1.29, 1.82) is 0 Å². The summed E-state index contributed by atoms with van der Waals surface area (Å²) in [5.41, 5.74) is 1.37. The van der Waals surface area contributed by atoms with Crippen molar-refractivity contribution in [1.82, 2.24) is 15.5 Å². The van der Waals surface area contributed by atoms with Crippen molar-refractivity contribution >= 4 is 11.6 Å². The molecule has 1 aliphatic heterocycles. The van der Waals surface area contributed by atoms with E-state index in [1.54, 1.807) is 12.1 Å². The highest BCUT2D eigenvalue weighted by Gasteiger charge is 2.43. The zero-order valence-corrected chi connectivity index (χ0v) is 16.0. The van der Waals surface area contributed by atoms with Crippen LogP contribution in [0.2, 0.25) is 0 Å². The van der Waals surface area contributed by atoms with Crippen molar-refractivity contribution in [2.24, 2.45) is 0 Å². The van der Waals surface area contributed by atoms with E-state index >= 15 is 0 Å². The van der Waals surface area contributed by atoms with E-state index in [4.69, 9.17) is 0 Å². The molecule has 0 bridgehead atoms. The van der Waals surface area contributed by atoms with Crippen LogP contribution in [-0.2, 0) is 0 Å². The largest absolute Gasteiger partial charge is 0.405 e. The van der Waals surface area contributed by atoms with Gasteiger partial charge in [-0.3, -0.25) is 9.69 Å². The lowest BCUT2D eigenvalue weighted by Gasteiger charge is -2.35. The molecule has 1 heterocycles. The van der Waals surface area contributed by atoms with Crippen LogP contribution in [0.5, 0.6) is 0 Å². The Kier molecular flexibility index (Phi) is 7.91. The minimum Gasteiger partial charge on any atom is -0.372 e. The number of rotatable bonds is 8. The lowest BCUT2D eigenvalue weighted by atomic mass is 10.1. The van der Waals surface area contributed by atoms with Crippen molar-refractivity contribution in [2.75, 3.05) is 50.7 Å². The number of nitrogens with one attached hydrogen (secondary N) is 2. The van der Waals surface area contributed by atoms with Crippen LogP contribution in [0.1, 0.15) is 30.6 Å². The van der Waals surface area contributed by atoms with Crippen molar-refractivity contribution in [3.8, 4) is 0 Å². The first-order chi connectivity index (χ1) is 12.9. The Labute approximate surface area is 158 Å². The molecule has 1 saturated heterocycles. The number of piperazine rings is 1. The summed E-state index contributed by atoms with van der Waals surface area (Å²) in [6, 6.07) is 5.34. The monoisotopic (exact) mass is 386 g/mol. The molecule has 1 atom stereocenters. The molecule has 0 aliphatic carbocycles. The smallest absolute Gasteiger partial charge is 0.372 e. The van der Waals surface area contributed by atoms with Crippen molar-refractivity contribution in [3.05, 3.63) is 29.8 Å². The number of nitrogens with zero attached hydrogens (tertiary/aromatic N) is 2. The van der Waals surface area contributed by atoms with Crippen LogP contribution < -0.4 is 15.5 Å². The normalized spacial score (nSPS) is 16.8. The molecule has 2 N–H and O–H groups in total. The maximum Gasteiger partial charge on any atom is 0.405 e. The Bertz CT molecular complexity index is 586. The van der Waals surface area contributed by atoms with Gasteiger partial charge in [-0.15, -0.1) is 0 Å². The molecule has 1 aliphatic rings. The van der Waals surface area contributed by atoms with Gasteiger partial charge in [-0.05, 0) is 37.6 Å². The predicted molar refractivity (Wildman–Crippen MR) is 101 cm³/mol. The highest BCUT2D eigenvalue weighted by Crippen LogP contribution is 2.25. The predicted octanol–water partition coefficient (Wildman–Crippen LogP) is 2.49. The number of alkyl halides is 3. The molecule has 5 nitrogen and oxygen atoms in total. The maximum absolute atomic E-state index is 13.4. The van der Waals surface area contributed by atoms with E-state index in [9.17, 15) is 18.0 Å². The van der Waals surface area contributed by atoms with E-state index < -0.39 is 24.7 Å². The van der Waals surface area contributed by atoms with Gasteiger partial charge in [0.1, 0.15) is 6.04 Å². The van der Waals surface area contributed by atoms with E-state index in [1.807, 2.05) is 12.1 Å². The zero-order chi connectivity index (χ0) is 19.9. The first-order valence-electron chi connectivity index (χ1n) is 9.51. The van der Waals surface area contributed by atoms with Crippen LogP contribution in [0.3, 0.4) is 0 Å². The molecular weight excluding hydrogens is 357 g/mol. The third kappa shape index (κ3) is 6.10. The molecule has 2 rings (SSSR count). The molecule has 0 aromatic heterocycles. The number of carbonyl (C=O) groups excluding carboxylic acids is 1. The maximum atomic E-state index is 13.4. The molecule has 1 unspecified atom stereocenters. The minimum absolute atomic E-state index is 0.318. The third-order valence-corrected chi connectivity index (χ3v) is 4.80. The van der Waals surface area contributed by atoms with Crippen LogP contribution in [0, 0.1) is 0 Å². The highest BCUT2D eigenvalue weighted by molar-refractivity contribution is 5.94. The summed E-state index contributed by atoms with van der Waals surface area (Å²) in [4.78, 5) is 15.9. The standard InChI is InChI=1S/C19H29F3N4O/c1-3-11-25(4-2)16-7-5-15(6-8-16)18(27)24-14-17(19(20,21)22)26-12-9-23-10-13-26/h5-8,17,23H,3-4,9-14H2,1-2H3,(H,24,27). The molecule has 8 heteroatoms. The molecule has 27 heavy (non-hydrogen) atoms. The summed E-state index contributed by atoms with van der Waals surface area (Å²) in [5.74, 6) is -0.482. The molecule has 1 aromatic rings. The lowest BCUT2D eigenvalue weighted by Crippen LogP contribution is -2.57. The van der Waals surface area contributed by atoms with E-state index in [2.05, 4.69) is 29.4 Å². The van der Waals surface area contributed by atoms with Gasteiger partial charge in [0.05, 0.1) is 0 Å². The first kappa shape index (κ1) is 21.5. The summed E-state index contributed by atoms with van der Waals surface area (Å²) in [5, 5.41) is 5.50. The Morgan fingerprint density at radius 2 is 1.85 bits per heavy atom. The Balaban J connectivity index is 1.98. The fourth-order valence-electron chi connectivity index (χ4n) is 3.30. The lowest BCUT2D eigenvalue weighted by molar-refractivity contribution is -0.183. The SMILES string of the molecule is CCCN(CC)c1ccc(C(=O)NCC(N2CCNCC2)C(F)(F)F)cc1. The Morgan fingerprint density at radius 3 is 2.37 bits per heavy atom. The van der Waals surface area contributed by atoms with Crippen LogP contribution in [-0.4, -0.2) is 68.8 Å². The van der Waals surface area contributed by atoms with Crippen molar-refractivity contribution < 1.29 is 18.0 Å². The Hall–Kier alpha value is -1.80. The summed E-state index contributed by atoms with van der Waals surface area (Å²) in [7, 11) is 0. The number of amides is 1. The summed E-state index contributed by atoms with van der Waals surface area (Å²) >= 11 is 0. The van der Waals surface area contributed by atoms with Crippen molar-refractivity contribution in [3.63, 3.8) is 0 Å². The fraction of sp³-hybridized carbons (Fsp3) is 0.632. The average molecular weight is 386 g/mol. The van der Waals surface area contributed by atoms with Gasteiger partial charge in [0.15, 0.2) is 0 Å². The van der Waals surface area contributed by atoms with Gasteiger partial charge < -0.3 is 15.5 Å². The number of carbonyl (C=O) groups is 1. The number of benzene rings is 1. The van der Waals surface area contributed by atoms with Crippen LogP contribution >= 0.6 is 0 Å². The molecule has 0 spiro atoms. The second-order valence-electron chi connectivity index (χ2n) is 6.68. The van der Waals surface area contributed by atoms with E-state index in [0.717, 1.165) is 25.2 Å². The zero-order valence-electron chi connectivity index (χ0n) is 16.0. The molecule has 1 fully saturated rings. The van der Waals surface area contributed by atoms with E-state index in [-0.39, 0.29) is 0 Å². The molecule has 1 amide bonds. The van der Waals surface area contributed by atoms with Crippen LogP contribution in [0.25, 0.3) is 0 Å². The van der Waals surface area contributed by atoms with Gasteiger partial charge in [-0.25, -0.2) is 0 Å².